The molecule has 136 valence electrons. The van der Waals surface area contributed by atoms with Gasteiger partial charge in [0.1, 0.15) is 5.76 Å². The summed E-state index contributed by atoms with van der Waals surface area (Å²) in [5.41, 5.74) is 1.58. The summed E-state index contributed by atoms with van der Waals surface area (Å²) >= 11 is 0. The van der Waals surface area contributed by atoms with Crippen LogP contribution in [0.3, 0.4) is 0 Å². The third-order valence-electron chi connectivity index (χ3n) is 4.38. The van der Waals surface area contributed by atoms with Crippen LogP contribution in [0.15, 0.2) is 16.9 Å². The third-order valence-corrected chi connectivity index (χ3v) is 4.38. The monoisotopic (exact) mass is 349 g/mol. The smallest absolute Gasteiger partial charge is 0.276 e. The van der Waals surface area contributed by atoms with Gasteiger partial charge in [-0.05, 0) is 6.92 Å². The molecule has 1 atom stereocenters. The van der Waals surface area contributed by atoms with Crippen molar-refractivity contribution in [1.82, 2.24) is 24.7 Å². The van der Waals surface area contributed by atoms with Gasteiger partial charge in [-0.3, -0.25) is 14.4 Å². The van der Waals surface area contributed by atoms with Gasteiger partial charge in [0.05, 0.1) is 24.5 Å². The second kappa shape index (κ2) is 7.34. The Labute approximate surface area is 145 Å². The van der Waals surface area contributed by atoms with Crippen LogP contribution in [0.25, 0.3) is 0 Å². The molecule has 1 saturated heterocycles. The van der Waals surface area contributed by atoms with Crippen LogP contribution < -0.4 is 0 Å². The van der Waals surface area contributed by atoms with E-state index in [9.17, 15) is 15.0 Å². The summed E-state index contributed by atoms with van der Waals surface area (Å²) in [6, 6.07) is 0. The van der Waals surface area contributed by atoms with E-state index in [1.165, 1.54) is 0 Å². The fourth-order valence-corrected chi connectivity index (χ4v) is 3.09. The van der Waals surface area contributed by atoms with E-state index >= 15 is 0 Å². The first kappa shape index (κ1) is 17.6. The van der Waals surface area contributed by atoms with Crippen molar-refractivity contribution in [2.45, 2.75) is 26.2 Å². The predicted octanol–water partition coefficient (Wildman–Crippen LogP) is -0.472. The van der Waals surface area contributed by atoms with E-state index in [0.29, 0.717) is 37.5 Å². The molecule has 0 unspecified atom stereocenters. The maximum absolute atomic E-state index is 12.7. The van der Waals surface area contributed by atoms with Crippen LogP contribution in [-0.4, -0.2) is 73.1 Å². The van der Waals surface area contributed by atoms with Crippen molar-refractivity contribution in [1.29, 1.82) is 0 Å². The molecule has 25 heavy (non-hydrogen) atoms. The Morgan fingerprint density at radius 2 is 2.20 bits per heavy atom. The quantitative estimate of drug-likeness (QED) is 0.768. The molecule has 0 saturated carbocycles. The largest absolute Gasteiger partial charge is 0.391 e. The van der Waals surface area contributed by atoms with Crippen LogP contribution in [0.4, 0.5) is 0 Å². The summed E-state index contributed by atoms with van der Waals surface area (Å²) < 4.78 is 6.76. The highest BCUT2D eigenvalue weighted by Gasteiger charge is 2.29. The van der Waals surface area contributed by atoms with E-state index in [2.05, 4.69) is 15.2 Å². The molecule has 3 heterocycles. The van der Waals surface area contributed by atoms with Gasteiger partial charge in [0, 0.05) is 51.5 Å². The van der Waals surface area contributed by atoms with Gasteiger partial charge in [-0.2, -0.15) is 5.10 Å². The highest BCUT2D eigenvalue weighted by molar-refractivity contribution is 5.93. The van der Waals surface area contributed by atoms with Gasteiger partial charge in [0.25, 0.3) is 5.91 Å². The maximum atomic E-state index is 12.7. The molecule has 1 amide bonds. The minimum atomic E-state index is -0.659. The Bertz CT molecular complexity index is 741. The van der Waals surface area contributed by atoms with E-state index in [1.807, 2.05) is 13.2 Å². The minimum absolute atomic E-state index is 0.118. The molecule has 2 aromatic heterocycles. The zero-order valence-electron chi connectivity index (χ0n) is 14.4. The summed E-state index contributed by atoms with van der Waals surface area (Å²) in [5, 5.41) is 27.6. The molecular weight excluding hydrogens is 326 g/mol. The number of aliphatic hydroxyl groups is 2. The fraction of sp³-hybridized carbons (Fsp3) is 0.562. The summed E-state index contributed by atoms with van der Waals surface area (Å²) in [6.45, 7) is 3.80. The first-order valence-corrected chi connectivity index (χ1v) is 8.21. The van der Waals surface area contributed by atoms with Gasteiger partial charge in [0.2, 0.25) is 0 Å². The molecule has 0 bridgehead atoms. The van der Waals surface area contributed by atoms with Crippen molar-refractivity contribution in [3.8, 4) is 0 Å². The van der Waals surface area contributed by atoms with Crippen molar-refractivity contribution < 1.29 is 19.5 Å². The number of aromatic nitrogens is 3. The molecule has 2 aromatic rings. The van der Waals surface area contributed by atoms with Crippen molar-refractivity contribution >= 4 is 5.91 Å². The average Bonchev–Trinajstić information content (AvgIpc) is 3.09. The summed E-state index contributed by atoms with van der Waals surface area (Å²) in [5.74, 6) is 0.0996. The molecule has 9 heteroatoms. The summed E-state index contributed by atoms with van der Waals surface area (Å²) in [4.78, 5) is 16.4. The van der Waals surface area contributed by atoms with Gasteiger partial charge in [0.15, 0.2) is 5.69 Å². The first-order valence-electron chi connectivity index (χ1n) is 8.21. The molecule has 0 aliphatic carbocycles. The second-order valence-corrected chi connectivity index (χ2v) is 6.39. The normalized spacial score (nSPS) is 19.2. The first-order chi connectivity index (χ1) is 12.0. The number of β-amino-alcohol motifs (C(OH)–C–C–N with tert-alkyl or cyclic N) is 1. The van der Waals surface area contributed by atoms with Crippen molar-refractivity contribution in [2.24, 2.45) is 7.05 Å². The number of aliphatic hydroxyl groups excluding tert-OH is 2. The summed E-state index contributed by atoms with van der Waals surface area (Å²) in [7, 11) is 1.86. The number of amides is 1. The Kier molecular flexibility index (Phi) is 5.16. The van der Waals surface area contributed by atoms with Gasteiger partial charge in [-0.1, -0.05) is 5.16 Å². The van der Waals surface area contributed by atoms with Gasteiger partial charge in [-0.25, -0.2) is 0 Å². The van der Waals surface area contributed by atoms with Crippen LogP contribution in [0, 0.1) is 6.92 Å². The van der Waals surface area contributed by atoms with Gasteiger partial charge >= 0.3 is 0 Å². The summed E-state index contributed by atoms with van der Waals surface area (Å²) in [6.07, 6.45) is 3.08. The highest BCUT2D eigenvalue weighted by Crippen LogP contribution is 2.17. The van der Waals surface area contributed by atoms with E-state index < -0.39 is 6.10 Å². The minimum Gasteiger partial charge on any atom is -0.391 e. The van der Waals surface area contributed by atoms with Gasteiger partial charge < -0.3 is 19.6 Å². The predicted molar refractivity (Wildman–Crippen MR) is 87.6 cm³/mol. The number of hydrogen-bond acceptors (Lipinski definition) is 7. The molecule has 2 N–H and O–H groups in total. The number of aryl methyl sites for hydroxylation is 2. The molecule has 0 aromatic carbocycles. The number of carbonyl (C=O) groups is 1. The lowest BCUT2D eigenvalue weighted by molar-refractivity contribution is 0.0651. The third kappa shape index (κ3) is 3.89. The highest BCUT2D eigenvalue weighted by atomic mass is 16.5. The molecular formula is C16H23N5O4. The van der Waals surface area contributed by atoms with E-state index in [1.54, 1.807) is 22.7 Å². The Hall–Kier alpha value is -2.23. The molecule has 9 nitrogen and oxygen atoms in total. The maximum Gasteiger partial charge on any atom is 0.276 e. The Morgan fingerprint density at radius 3 is 2.88 bits per heavy atom. The van der Waals surface area contributed by atoms with Crippen LogP contribution in [0.2, 0.25) is 0 Å². The van der Waals surface area contributed by atoms with Crippen LogP contribution in [0.1, 0.15) is 27.4 Å². The molecule has 1 aliphatic heterocycles. The molecule has 0 spiro atoms. The molecule has 3 rings (SSSR count). The van der Waals surface area contributed by atoms with E-state index in [4.69, 9.17) is 4.52 Å². The fourth-order valence-electron chi connectivity index (χ4n) is 3.09. The van der Waals surface area contributed by atoms with Crippen LogP contribution >= 0.6 is 0 Å². The molecule has 1 fully saturated rings. The second-order valence-electron chi connectivity index (χ2n) is 6.39. The topological polar surface area (TPSA) is 108 Å². The lowest BCUT2D eigenvalue weighted by atomic mass is 10.2. The number of rotatable bonds is 4. The lowest BCUT2D eigenvalue weighted by Crippen LogP contribution is -2.38. The van der Waals surface area contributed by atoms with Crippen molar-refractivity contribution in [2.75, 3.05) is 26.2 Å². The lowest BCUT2D eigenvalue weighted by Gasteiger charge is -2.21. The average molecular weight is 349 g/mol. The zero-order chi connectivity index (χ0) is 18.0. The standard InChI is InChI=1S/C16H23N5O4/c1-11-14(10-22)15(18-25-11)16(24)21-4-3-20(8-13(23)9-21)7-12-5-17-19(2)6-12/h5-6,13,22-23H,3-4,7-10H2,1-2H3/t13-/m1/s1. The number of nitrogens with zero attached hydrogens (tertiary/aromatic N) is 5. The zero-order valence-corrected chi connectivity index (χ0v) is 14.4. The Morgan fingerprint density at radius 1 is 1.40 bits per heavy atom. The van der Waals surface area contributed by atoms with E-state index in [-0.39, 0.29) is 24.8 Å². The molecule has 1 aliphatic rings. The number of carbonyl (C=O) groups excluding carboxylic acids is 1. The number of hydrogen-bond donors (Lipinski definition) is 2. The Balaban J connectivity index is 1.69. The van der Waals surface area contributed by atoms with Crippen molar-refractivity contribution in [3.63, 3.8) is 0 Å². The SMILES string of the molecule is Cc1onc(C(=O)N2CCN(Cc3cnn(C)c3)C[C@@H](O)C2)c1CO. The van der Waals surface area contributed by atoms with E-state index in [0.717, 1.165) is 5.56 Å². The van der Waals surface area contributed by atoms with Crippen LogP contribution in [0.5, 0.6) is 0 Å². The van der Waals surface area contributed by atoms with Crippen molar-refractivity contribution in [3.05, 3.63) is 35.0 Å². The van der Waals surface area contributed by atoms with Crippen LogP contribution in [-0.2, 0) is 20.2 Å². The molecule has 0 radical (unpaired) electrons. The van der Waals surface area contributed by atoms with Gasteiger partial charge in [-0.15, -0.1) is 0 Å².